The first-order valence-electron chi connectivity index (χ1n) is 10.4. The fraction of sp³-hybridized carbons (Fsp3) is 0.375. The normalized spacial score (nSPS) is 17.3. The Kier molecular flexibility index (Phi) is 6.75. The van der Waals surface area contributed by atoms with Crippen molar-refractivity contribution in [3.63, 3.8) is 0 Å². The number of hydrogen-bond acceptors (Lipinski definition) is 4. The van der Waals surface area contributed by atoms with Gasteiger partial charge in [0.15, 0.2) is 0 Å². The highest BCUT2D eigenvalue weighted by atomic mass is 16.3. The van der Waals surface area contributed by atoms with E-state index in [0.717, 1.165) is 22.4 Å². The van der Waals surface area contributed by atoms with Crippen LogP contribution in [0.1, 0.15) is 32.4 Å². The van der Waals surface area contributed by atoms with Gasteiger partial charge in [0.05, 0.1) is 11.6 Å². The van der Waals surface area contributed by atoms with Crippen LogP contribution in [0.15, 0.2) is 48.5 Å². The average Bonchev–Trinajstić information content (AvgIpc) is 2.86. The molecule has 3 atom stereocenters. The average molecular weight is 424 g/mol. The summed E-state index contributed by atoms with van der Waals surface area (Å²) in [5.74, 6) is -1.91. The molecule has 31 heavy (non-hydrogen) atoms. The third-order valence-corrected chi connectivity index (χ3v) is 5.62. The summed E-state index contributed by atoms with van der Waals surface area (Å²) in [6.45, 7) is 5.21. The van der Waals surface area contributed by atoms with Gasteiger partial charge in [-0.3, -0.25) is 14.4 Å². The predicted molar refractivity (Wildman–Crippen MR) is 119 cm³/mol. The quantitative estimate of drug-likeness (QED) is 0.664. The van der Waals surface area contributed by atoms with Crippen molar-refractivity contribution < 1.29 is 19.5 Å². The molecule has 2 aromatic carbocycles. The first-order valence-corrected chi connectivity index (χ1v) is 10.4. The van der Waals surface area contributed by atoms with Crippen molar-refractivity contribution in [2.75, 3.05) is 18.5 Å². The van der Waals surface area contributed by atoms with Gasteiger partial charge in [0.2, 0.25) is 11.8 Å². The molecule has 3 rings (SSSR count). The third-order valence-electron chi connectivity index (χ3n) is 5.62. The molecule has 0 saturated heterocycles. The molecule has 0 aromatic heterocycles. The molecule has 2 aromatic rings. The van der Waals surface area contributed by atoms with E-state index in [2.05, 4.69) is 10.6 Å². The minimum atomic E-state index is -1.13. The van der Waals surface area contributed by atoms with Gasteiger partial charge in [-0.15, -0.1) is 0 Å². The number of hydrogen-bond donors (Lipinski definition) is 3. The van der Waals surface area contributed by atoms with Gasteiger partial charge in [0, 0.05) is 19.2 Å². The van der Waals surface area contributed by atoms with Gasteiger partial charge in [0.1, 0.15) is 12.1 Å². The summed E-state index contributed by atoms with van der Waals surface area (Å²) in [6, 6.07) is 14.3. The van der Waals surface area contributed by atoms with E-state index in [1.54, 1.807) is 32.7 Å². The molecule has 7 heteroatoms. The predicted octanol–water partition coefficient (Wildman–Crippen LogP) is 2.26. The number of carbonyl (C=O) groups is 3. The number of rotatable bonds is 6. The van der Waals surface area contributed by atoms with Gasteiger partial charge in [-0.05, 0) is 23.1 Å². The van der Waals surface area contributed by atoms with Crippen LogP contribution in [-0.4, -0.2) is 42.5 Å². The Morgan fingerprint density at radius 2 is 1.61 bits per heavy atom. The Hall–Kier alpha value is -3.19. The maximum Gasteiger partial charge on any atom is 0.253 e. The second-order valence-electron chi connectivity index (χ2n) is 8.28. The van der Waals surface area contributed by atoms with Crippen LogP contribution in [0.5, 0.6) is 0 Å². The van der Waals surface area contributed by atoms with Crippen LogP contribution in [-0.2, 0) is 14.4 Å². The summed E-state index contributed by atoms with van der Waals surface area (Å²) in [7, 11) is 1.70. The Balaban J connectivity index is 1.80. The van der Waals surface area contributed by atoms with Crippen LogP contribution in [0.4, 0.5) is 5.69 Å². The number of para-hydroxylation sites is 1. The number of benzene rings is 2. The van der Waals surface area contributed by atoms with Gasteiger partial charge < -0.3 is 20.6 Å². The van der Waals surface area contributed by atoms with E-state index < -0.39 is 24.0 Å². The van der Waals surface area contributed by atoms with Gasteiger partial charge in [0.25, 0.3) is 5.91 Å². The van der Waals surface area contributed by atoms with Crippen molar-refractivity contribution in [1.29, 1.82) is 0 Å². The second kappa shape index (κ2) is 9.31. The zero-order valence-electron chi connectivity index (χ0n) is 18.3. The van der Waals surface area contributed by atoms with E-state index >= 15 is 0 Å². The Labute approximate surface area is 182 Å². The molecule has 0 fully saturated rings. The second-order valence-corrected chi connectivity index (χ2v) is 8.28. The first-order chi connectivity index (χ1) is 14.7. The summed E-state index contributed by atoms with van der Waals surface area (Å²) in [5.41, 5.74) is 3.32. The van der Waals surface area contributed by atoms with Crippen LogP contribution in [0.25, 0.3) is 11.1 Å². The van der Waals surface area contributed by atoms with Crippen LogP contribution < -0.4 is 15.5 Å². The number of aliphatic hydroxyl groups is 1. The van der Waals surface area contributed by atoms with Gasteiger partial charge in [-0.1, -0.05) is 63.2 Å². The van der Waals surface area contributed by atoms with Gasteiger partial charge in [-0.25, -0.2) is 0 Å². The van der Waals surface area contributed by atoms with E-state index in [4.69, 9.17) is 0 Å². The number of nitrogens with zero attached hydrogens (tertiary/aromatic N) is 1. The highest BCUT2D eigenvalue weighted by molar-refractivity contribution is 6.06. The molecule has 3 N–H and O–H groups in total. The Bertz CT molecular complexity index is 988. The molecule has 7 nitrogen and oxygen atoms in total. The number of likely N-dealkylation sites (N-methyl/N-ethyl adjacent to an activating group) is 1. The molecule has 1 aliphatic rings. The minimum absolute atomic E-state index is 0.0626. The van der Waals surface area contributed by atoms with Crippen molar-refractivity contribution in [3.8, 4) is 11.1 Å². The fourth-order valence-corrected chi connectivity index (χ4v) is 3.61. The number of anilines is 1. The maximum atomic E-state index is 13.3. The molecule has 0 unspecified atom stereocenters. The lowest BCUT2D eigenvalue weighted by Crippen LogP contribution is -2.46. The summed E-state index contributed by atoms with van der Waals surface area (Å²) in [6.07, 6.45) is -1.13. The molecule has 0 saturated carbocycles. The third kappa shape index (κ3) is 4.61. The SMILES string of the molecule is CC(C)[C@H](O)C(=O)NC[C@H](C)C(=O)N[C@@H]1C(=O)N(C)c2ccccc2-c2ccccc21. The van der Waals surface area contributed by atoms with E-state index in [1.165, 1.54) is 0 Å². The number of carbonyl (C=O) groups excluding carboxylic acids is 3. The van der Waals surface area contributed by atoms with E-state index in [-0.39, 0.29) is 24.3 Å². The molecule has 0 radical (unpaired) electrons. The molecule has 0 aliphatic carbocycles. The molecule has 0 bridgehead atoms. The number of amides is 3. The number of aliphatic hydroxyl groups excluding tert-OH is 1. The van der Waals surface area contributed by atoms with Crippen LogP contribution >= 0.6 is 0 Å². The monoisotopic (exact) mass is 423 g/mol. The van der Waals surface area contributed by atoms with Crippen LogP contribution in [0.2, 0.25) is 0 Å². The highest BCUT2D eigenvalue weighted by Gasteiger charge is 2.34. The van der Waals surface area contributed by atoms with Gasteiger partial charge in [-0.2, -0.15) is 0 Å². The molecule has 0 spiro atoms. The minimum Gasteiger partial charge on any atom is -0.383 e. The summed E-state index contributed by atoms with van der Waals surface area (Å²) < 4.78 is 0. The molecule has 1 aliphatic heterocycles. The van der Waals surface area contributed by atoms with E-state index in [1.807, 2.05) is 48.5 Å². The van der Waals surface area contributed by atoms with E-state index in [0.29, 0.717) is 0 Å². The fourth-order valence-electron chi connectivity index (χ4n) is 3.61. The molecule has 3 amide bonds. The van der Waals surface area contributed by atoms with Crippen molar-refractivity contribution in [2.24, 2.45) is 11.8 Å². The lowest BCUT2D eigenvalue weighted by atomic mass is 9.95. The van der Waals surface area contributed by atoms with Crippen molar-refractivity contribution >= 4 is 23.4 Å². The summed E-state index contributed by atoms with van der Waals surface area (Å²) in [5, 5.41) is 15.3. The summed E-state index contributed by atoms with van der Waals surface area (Å²) in [4.78, 5) is 39.7. The smallest absolute Gasteiger partial charge is 0.253 e. The zero-order chi connectivity index (χ0) is 22.7. The van der Waals surface area contributed by atoms with Gasteiger partial charge >= 0.3 is 0 Å². The van der Waals surface area contributed by atoms with Crippen molar-refractivity contribution in [2.45, 2.75) is 32.9 Å². The van der Waals surface area contributed by atoms with E-state index in [9.17, 15) is 19.5 Å². The largest absolute Gasteiger partial charge is 0.383 e. The van der Waals surface area contributed by atoms with Crippen LogP contribution in [0.3, 0.4) is 0 Å². The lowest BCUT2D eigenvalue weighted by molar-refractivity contribution is -0.133. The Morgan fingerprint density at radius 1 is 1.00 bits per heavy atom. The molecular weight excluding hydrogens is 394 g/mol. The molecule has 164 valence electrons. The van der Waals surface area contributed by atoms with Crippen molar-refractivity contribution in [3.05, 3.63) is 54.1 Å². The molecule has 1 heterocycles. The van der Waals surface area contributed by atoms with Crippen LogP contribution in [0, 0.1) is 11.8 Å². The number of nitrogens with one attached hydrogen (secondary N) is 2. The Morgan fingerprint density at radius 3 is 2.29 bits per heavy atom. The number of fused-ring (bicyclic) bond motifs is 3. The molecular formula is C24H29N3O4. The van der Waals surface area contributed by atoms with Crippen molar-refractivity contribution in [1.82, 2.24) is 10.6 Å². The topological polar surface area (TPSA) is 98.7 Å². The zero-order valence-corrected chi connectivity index (χ0v) is 18.3. The standard InChI is InChI=1S/C24H29N3O4/c1-14(2)21(28)23(30)25-13-15(3)22(29)26-20-18-11-6-5-9-16(18)17-10-7-8-12-19(17)27(4)24(20)31/h5-12,14-15,20-21,28H,13H2,1-4H3,(H,25,30)(H,26,29)/t15-,20-,21-/m0/s1. The first kappa shape index (κ1) is 22.5. The summed E-state index contributed by atoms with van der Waals surface area (Å²) >= 11 is 0. The maximum absolute atomic E-state index is 13.3. The highest BCUT2D eigenvalue weighted by Crippen LogP contribution is 2.39. The lowest BCUT2D eigenvalue weighted by Gasteiger charge is -2.24.